The predicted octanol–water partition coefficient (Wildman–Crippen LogP) is 4.69. The van der Waals surface area contributed by atoms with Gasteiger partial charge in [0.15, 0.2) is 0 Å². The second-order valence-corrected chi connectivity index (χ2v) is 6.72. The Hall–Kier alpha value is -1.32. The molecule has 3 heteroatoms. The van der Waals surface area contributed by atoms with Gasteiger partial charge >= 0.3 is 0 Å². The molecule has 0 amide bonds. The van der Waals surface area contributed by atoms with Gasteiger partial charge in [-0.25, -0.2) is 0 Å². The maximum absolute atomic E-state index is 6.14. The summed E-state index contributed by atoms with van der Waals surface area (Å²) in [6.45, 7) is 3.11. The van der Waals surface area contributed by atoms with E-state index < -0.39 is 0 Å². The highest BCUT2D eigenvalue weighted by atomic mass is 32.1. The van der Waals surface area contributed by atoms with E-state index in [1.165, 1.54) is 34.5 Å². The molecule has 20 heavy (non-hydrogen) atoms. The first-order valence-corrected chi connectivity index (χ1v) is 8.23. The number of fused-ring (bicyclic) bond motifs is 3. The molecule has 1 aromatic heterocycles. The molecule has 0 bridgehead atoms. The molecule has 0 saturated carbocycles. The van der Waals surface area contributed by atoms with Crippen molar-refractivity contribution in [3.05, 3.63) is 51.7 Å². The Kier molecular flexibility index (Phi) is 3.04. The van der Waals surface area contributed by atoms with Gasteiger partial charge in [-0.2, -0.15) is 0 Å². The molecule has 1 aromatic carbocycles. The lowest BCUT2D eigenvalue weighted by atomic mass is 9.79. The zero-order valence-electron chi connectivity index (χ0n) is 11.6. The van der Waals surface area contributed by atoms with E-state index in [0.29, 0.717) is 12.0 Å². The van der Waals surface area contributed by atoms with Gasteiger partial charge < -0.3 is 10.1 Å². The minimum atomic E-state index is 0.257. The van der Waals surface area contributed by atoms with Crippen molar-refractivity contribution in [2.45, 2.75) is 31.9 Å². The van der Waals surface area contributed by atoms with Crippen LogP contribution in [0.2, 0.25) is 0 Å². The van der Waals surface area contributed by atoms with E-state index in [9.17, 15) is 0 Å². The number of aryl methyl sites for hydroxylation is 1. The maximum Gasteiger partial charge on any atom is 0.0896 e. The summed E-state index contributed by atoms with van der Waals surface area (Å²) in [6, 6.07) is 11.2. The van der Waals surface area contributed by atoms with Crippen molar-refractivity contribution in [2.24, 2.45) is 5.92 Å². The molecule has 104 valence electrons. The van der Waals surface area contributed by atoms with E-state index in [0.717, 1.165) is 6.61 Å². The van der Waals surface area contributed by atoms with Gasteiger partial charge in [-0.1, -0.05) is 18.2 Å². The lowest BCUT2D eigenvalue weighted by molar-refractivity contribution is -0.0378. The first-order chi connectivity index (χ1) is 9.84. The van der Waals surface area contributed by atoms with E-state index in [1.54, 1.807) is 0 Å². The smallest absolute Gasteiger partial charge is 0.0896 e. The molecule has 0 spiro atoms. The summed E-state index contributed by atoms with van der Waals surface area (Å²) in [4.78, 5) is 1.47. The van der Waals surface area contributed by atoms with Crippen molar-refractivity contribution in [3.63, 3.8) is 0 Å². The van der Waals surface area contributed by atoms with Crippen LogP contribution in [0.1, 0.15) is 41.0 Å². The Morgan fingerprint density at radius 3 is 3.00 bits per heavy atom. The van der Waals surface area contributed by atoms with Gasteiger partial charge in [0, 0.05) is 28.7 Å². The summed E-state index contributed by atoms with van der Waals surface area (Å²) in [5.41, 5.74) is 3.98. The second-order valence-electron chi connectivity index (χ2n) is 5.77. The molecular formula is C17H19NOS. The third-order valence-corrected chi connectivity index (χ3v) is 5.66. The van der Waals surface area contributed by atoms with Crippen molar-refractivity contribution in [2.75, 3.05) is 11.9 Å². The van der Waals surface area contributed by atoms with Gasteiger partial charge in [-0.3, -0.25) is 0 Å². The molecule has 3 atom stereocenters. The highest BCUT2D eigenvalue weighted by Gasteiger charge is 2.40. The quantitative estimate of drug-likeness (QED) is 0.820. The number of para-hydroxylation sites is 1. The largest absolute Gasteiger partial charge is 0.377 e. The molecule has 1 fully saturated rings. The summed E-state index contributed by atoms with van der Waals surface area (Å²) in [5, 5.41) is 5.97. The molecule has 2 aliphatic rings. The molecule has 2 aliphatic heterocycles. The van der Waals surface area contributed by atoms with Crippen LogP contribution in [0.15, 0.2) is 35.7 Å². The van der Waals surface area contributed by atoms with Crippen LogP contribution in [-0.2, 0) is 4.74 Å². The number of benzene rings is 1. The van der Waals surface area contributed by atoms with Crippen molar-refractivity contribution in [3.8, 4) is 0 Å². The van der Waals surface area contributed by atoms with E-state index in [1.807, 2.05) is 11.3 Å². The van der Waals surface area contributed by atoms with Crippen LogP contribution < -0.4 is 5.32 Å². The molecule has 0 aliphatic carbocycles. The van der Waals surface area contributed by atoms with Crippen LogP contribution in [0.3, 0.4) is 0 Å². The second kappa shape index (κ2) is 4.90. The summed E-state index contributed by atoms with van der Waals surface area (Å²) in [5.74, 6) is 0.552. The fraction of sp³-hybridized carbons (Fsp3) is 0.412. The van der Waals surface area contributed by atoms with Gasteiger partial charge in [0.1, 0.15) is 0 Å². The number of hydrogen-bond acceptors (Lipinski definition) is 3. The highest BCUT2D eigenvalue weighted by Crippen LogP contribution is 2.50. The van der Waals surface area contributed by atoms with Crippen LogP contribution in [0.5, 0.6) is 0 Å². The molecule has 1 N–H and O–H groups in total. The van der Waals surface area contributed by atoms with Crippen LogP contribution >= 0.6 is 11.3 Å². The van der Waals surface area contributed by atoms with E-state index >= 15 is 0 Å². The average Bonchev–Trinajstić information content (AvgIpc) is 2.92. The predicted molar refractivity (Wildman–Crippen MR) is 83.3 cm³/mol. The Balaban J connectivity index is 1.80. The summed E-state index contributed by atoms with van der Waals surface area (Å²) in [7, 11) is 0. The Morgan fingerprint density at radius 2 is 2.15 bits per heavy atom. The van der Waals surface area contributed by atoms with E-state index in [4.69, 9.17) is 4.74 Å². The van der Waals surface area contributed by atoms with Crippen LogP contribution in [0.4, 0.5) is 5.69 Å². The van der Waals surface area contributed by atoms with E-state index in [2.05, 4.69) is 48.0 Å². The van der Waals surface area contributed by atoms with Crippen molar-refractivity contribution >= 4 is 17.0 Å². The number of ether oxygens (including phenoxy) is 1. The lowest BCUT2D eigenvalue weighted by Crippen LogP contribution is -2.35. The zero-order chi connectivity index (χ0) is 13.5. The summed E-state index contributed by atoms with van der Waals surface area (Å²) < 4.78 is 6.14. The third kappa shape index (κ3) is 1.88. The van der Waals surface area contributed by atoms with Gasteiger partial charge in [-0.15, -0.1) is 11.3 Å². The van der Waals surface area contributed by atoms with Crippen molar-refractivity contribution in [1.29, 1.82) is 0 Å². The van der Waals surface area contributed by atoms with Gasteiger partial charge in [0.25, 0.3) is 0 Å². The Bertz CT molecular complexity index is 621. The monoisotopic (exact) mass is 285 g/mol. The molecule has 3 heterocycles. The number of rotatable bonds is 1. The number of hydrogen-bond donors (Lipinski definition) is 1. The summed E-state index contributed by atoms with van der Waals surface area (Å²) >= 11 is 1.87. The van der Waals surface area contributed by atoms with Crippen molar-refractivity contribution in [1.82, 2.24) is 0 Å². The highest BCUT2D eigenvalue weighted by molar-refractivity contribution is 7.10. The van der Waals surface area contributed by atoms with Crippen LogP contribution in [-0.4, -0.2) is 6.61 Å². The van der Waals surface area contributed by atoms with Crippen LogP contribution in [0.25, 0.3) is 0 Å². The lowest BCUT2D eigenvalue weighted by Gasteiger charge is -2.43. The minimum absolute atomic E-state index is 0.257. The topological polar surface area (TPSA) is 21.3 Å². The molecule has 0 unspecified atom stereocenters. The zero-order valence-corrected chi connectivity index (χ0v) is 12.5. The molecule has 1 saturated heterocycles. The fourth-order valence-corrected chi connectivity index (χ4v) is 4.63. The number of anilines is 1. The normalized spacial score (nSPS) is 28.4. The average molecular weight is 285 g/mol. The third-order valence-electron chi connectivity index (χ3n) is 4.56. The van der Waals surface area contributed by atoms with Gasteiger partial charge in [0.05, 0.1) is 12.1 Å². The standard InChI is InChI=1S/C17H19NOS/c1-11-8-10-20-17(11)15-13-6-4-9-19-16(13)12-5-2-3-7-14(12)18-15/h2-3,5,7-8,10,13,15-16,18H,4,6,9H2,1H3/t13-,15+,16+/m0/s1. The first kappa shape index (κ1) is 12.4. The van der Waals surface area contributed by atoms with Crippen molar-refractivity contribution < 1.29 is 4.74 Å². The molecule has 2 nitrogen and oxygen atoms in total. The number of thiophene rings is 1. The van der Waals surface area contributed by atoms with Crippen LogP contribution in [0, 0.1) is 12.8 Å². The molecule has 0 radical (unpaired) electrons. The van der Waals surface area contributed by atoms with E-state index in [-0.39, 0.29) is 6.10 Å². The Labute approximate surface area is 123 Å². The molecule has 4 rings (SSSR count). The summed E-state index contributed by atoms with van der Waals surface area (Å²) in [6.07, 6.45) is 2.67. The van der Waals surface area contributed by atoms with Gasteiger partial charge in [0.2, 0.25) is 0 Å². The molecule has 2 aromatic rings. The fourth-order valence-electron chi connectivity index (χ4n) is 3.58. The van der Waals surface area contributed by atoms with Gasteiger partial charge in [-0.05, 0) is 42.8 Å². The SMILES string of the molecule is Cc1ccsc1[C@@H]1Nc2ccccc2[C@H]2OCCC[C@H]21. The first-order valence-electron chi connectivity index (χ1n) is 7.35. The minimum Gasteiger partial charge on any atom is -0.377 e. The maximum atomic E-state index is 6.14. The Morgan fingerprint density at radius 1 is 1.25 bits per heavy atom. The number of nitrogens with one attached hydrogen (secondary N) is 1. The molecular weight excluding hydrogens is 266 g/mol.